The molecule has 0 aliphatic heterocycles. The minimum atomic E-state index is -0.142. The summed E-state index contributed by atoms with van der Waals surface area (Å²) in [4.78, 5) is 11.9. The van der Waals surface area contributed by atoms with E-state index < -0.39 is 0 Å². The Bertz CT molecular complexity index is 461. The van der Waals surface area contributed by atoms with Gasteiger partial charge in [0.2, 0.25) is 0 Å². The molecule has 1 rings (SSSR count). The molecule has 100 valence electrons. The minimum absolute atomic E-state index is 0.142. The van der Waals surface area contributed by atoms with Crippen LogP contribution in [-0.4, -0.2) is 27.8 Å². The highest BCUT2D eigenvalue weighted by atomic mass is 79.9. The summed E-state index contributed by atoms with van der Waals surface area (Å²) in [7, 11) is 0. The smallest absolute Gasteiger partial charge is 0.283 e. The molecule has 1 aromatic rings. The van der Waals surface area contributed by atoms with Crippen molar-refractivity contribution in [3.05, 3.63) is 33.7 Å². The number of rotatable bonds is 7. The number of anilines is 1. The Labute approximate surface area is 120 Å². The van der Waals surface area contributed by atoms with E-state index in [2.05, 4.69) is 46.1 Å². The van der Waals surface area contributed by atoms with E-state index in [1.54, 1.807) is 12.3 Å². The van der Waals surface area contributed by atoms with Crippen LogP contribution < -0.4 is 10.9 Å². The summed E-state index contributed by atoms with van der Waals surface area (Å²) in [5.41, 5.74) is 0.603. The highest BCUT2D eigenvalue weighted by Crippen LogP contribution is 2.18. The van der Waals surface area contributed by atoms with Crippen LogP contribution in [0, 0.1) is 0 Å². The molecule has 18 heavy (non-hydrogen) atoms. The number of hydrogen-bond acceptors (Lipinski definition) is 4. The highest BCUT2D eigenvalue weighted by Gasteiger charge is 2.10. The van der Waals surface area contributed by atoms with Crippen molar-refractivity contribution in [3.63, 3.8) is 0 Å². The summed E-state index contributed by atoms with van der Waals surface area (Å²) in [5.74, 6) is 1.09. The number of nitrogens with one attached hydrogen (secondary N) is 1. The first-order chi connectivity index (χ1) is 8.60. The molecule has 6 heteroatoms. The normalized spacial score (nSPS) is 12.2. The van der Waals surface area contributed by atoms with Crippen molar-refractivity contribution in [2.45, 2.75) is 25.9 Å². The Morgan fingerprint density at radius 3 is 3.06 bits per heavy atom. The molecule has 0 saturated heterocycles. The third kappa shape index (κ3) is 4.17. The monoisotopic (exact) mass is 331 g/mol. The van der Waals surface area contributed by atoms with Crippen molar-refractivity contribution in [3.8, 4) is 0 Å². The SMILES string of the molecule is C=CCn1ncc(NC(C)CCSC)c(Br)c1=O. The summed E-state index contributed by atoms with van der Waals surface area (Å²) in [6, 6.07) is 0.310. The van der Waals surface area contributed by atoms with Gasteiger partial charge in [-0.15, -0.1) is 6.58 Å². The van der Waals surface area contributed by atoms with Crippen molar-refractivity contribution < 1.29 is 0 Å². The first-order valence-corrected chi connectivity index (χ1v) is 7.90. The Kier molecular flexibility index (Phi) is 6.49. The van der Waals surface area contributed by atoms with Crippen LogP contribution in [0.25, 0.3) is 0 Å². The molecule has 1 atom stereocenters. The lowest BCUT2D eigenvalue weighted by Crippen LogP contribution is -2.25. The van der Waals surface area contributed by atoms with E-state index in [-0.39, 0.29) is 5.56 Å². The molecule has 0 aliphatic rings. The van der Waals surface area contributed by atoms with Gasteiger partial charge in [0.25, 0.3) is 5.56 Å². The van der Waals surface area contributed by atoms with Crippen molar-refractivity contribution in [1.82, 2.24) is 9.78 Å². The van der Waals surface area contributed by atoms with E-state index >= 15 is 0 Å². The Morgan fingerprint density at radius 1 is 1.72 bits per heavy atom. The molecular formula is C12H18BrN3OS. The van der Waals surface area contributed by atoms with Crippen molar-refractivity contribution in [2.24, 2.45) is 0 Å². The molecule has 1 aromatic heterocycles. The molecule has 0 fully saturated rings. The largest absolute Gasteiger partial charge is 0.380 e. The van der Waals surface area contributed by atoms with Crippen molar-refractivity contribution >= 4 is 33.4 Å². The van der Waals surface area contributed by atoms with Crippen LogP contribution in [0.3, 0.4) is 0 Å². The molecule has 0 aromatic carbocycles. The van der Waals surface area contributed by atoms with Crippen molar-refractivity contribution in [2.75, 3.05) is 17.3 Å². The molecule has 0 amide bonds. The first kappa shape index (κ1) is 15.3. The quantitative estimate of drug-likeness (QED) is 0.780. The van der Waals surface area contributed by atoms with Gasteiger partial charge in [0.15, 0.2) is 0 Å². The molecule has 4 nitrogen and oxygen atoms in total. The lowest BCUT2D eigenvalue weighted by Gasteiger charge is -2.15. The number of hydrogen-bond donors (Lipinski definition) is 1. The lowest BCUT2D eigenvalue weighted by atomic mass is 10.2. The fourth-order valence-corrected chi connectivity index (χ4v) is 2.46. The standard InChI is InChI=1S/C12H18BrN3OS/c1-4-6-16-12(17)11(13)10(8-14-16)15-9(2)5-7-18-3/h4,8-9,15H,1,5-7H2,2-3H3. The zero-order chi connectivity index (χ0) is 13.5. The van der Waals surface area contributed by atoms with Crippen LogP contribution in [0.5, 0.6) is 0 Å². The summed E-state index contributed by atoms with van der Waals surface area (Å²) in [6.07, 6.45) is 6.45. The summed E-state index contributed by atoms with van der Waals surface area (Å²) < 4.78 is 1.89. The second kappa shape index (κ2) is 7.63. The lowest BCUT2D eigenvalue weighted by molar-refractivity contribution is 0.646. The molecular weight excluding hydrogens is 314 g/mol. The van der Waals surface area contributed by atoms with Gasteiger partial charge in [-0.1, -0.05) is 6.08 Å². The molecule has 0 spiro atoms. The molecule has 1 unspecified atom stereocenters. The molecule has 1 N–H and O–H groups in total. The third-order valence-corrected chi connectivity index (χ3v) is 3.85. The van der Waals surface area contributed by atoms with Crippen LogP contribution in [0.4, 0.5) is 5.69 Å². The van der Waals surface area contributed by atoms with Crippen LogP contribution in [-0.2, 0) is 6.54 Å². The average Bonchev–Trinajstić information content (AvgIpc) is 2.36. The van der Waals surface area contributed by atoms with Gasteiger partial charge < -0.3 is 5.32 Å². The Hall–Kier alpha value is -0.750. The maximum absolute atomic E-state index is 11.9. The van der Waals surface area contributed by atoms with Crippen molar-refractivity contribution in [1.29, 1.82) is 0 Å². The predicted molar refractivity (Wildman–Crippen MR) is 82.5 cm³/mol. The molecule has 0 radical (unpaired) electrons. The number of allylic oxidation sites excluding steroid dienone is 1. The summed E-state index contributed by atoms with van der Waals surface area (Å²) in [6.45, 7) is 6.11. The third-order valence-electron chi connectivity index (χ3n) is 2.44. The van der Waals surface area contributed by atoms with Gasteiger partial charge in [0.05, 0.1) is 18.4 Å². The van der Waals surface area contributed by atoms with Gasteiger partial charge in [-0.2, -0.15) is 16.9 Å². The number of aromatic nitrogens is 2. The van der Waals surface area contributed by atoms with Crippen LogP contribution in [0.1, 0.15) is 13.3 Å². The minimum Gasteiger partial charge on any atom is -0.380 e. The summed E-state index contributed by atoms with van der Waals surface area (Å²) in [5, 5.41) is 7.39. The number of halogens is 1. The zero-order valence-corrected chi connectivity index (χ0v) is 13.1. The second-order valence-corrected chi connectivity index (χ2v) is 5.75. The summed E-state index contributed by atoms with van der Waals surface area (Å²) >= 11 is 5.14. The second-order valence-electron chi connectivity index (χ2n) is 3.98. The van der Waals surface area contributed by atoms with Gasteiger partial charge in [-0.25, -0.2) is 4.68 Å². The van der Waals surface area contributed by atoms with E-state index in [1.807, 2.05) is 11.8 Å². The van der Waals surface area contributed by atoms with E-state index in [1.165, 1.54) is 4.68 Å². The number of thioether (sulfide) groups is 1. The van der Waals surface area contributed by atoms with Gasteiger partial charge in [0.1, 0.15) is 4.47 Å². The maximum atomic E-state index is 11.9. The topological polar surface area (TPSA) is 46.9 Å². The zero-order valence-electron chi connectivity index (χ0n) is 10.6. The molecule has 1 heterocycles. The molecule has 0 aliphatic carbocycles. The van der Waals surface area contributed by atoms with E-state index in [0.29, 0.717) is 17.1 Å². The Morgan fingerprint density at radius 2 is 2.44 bits per heavy atom. The Balaban J connectivity index is 2.82. The fraction of sp³-hybridized carbons (Fsp3) is 0.500. The fourth-order valence-electron chi connectivity index (χ4n) is 1.45. The van der Waals surface area contributed by atoms with Gasteiger partial charge in [-0.3, -0.25) is 4.79 Å². The van der Waals surface area contributed by atoms with Gasteiger partial charge in [-0.05, 0) is 41.3 Å². The van der Waals surface area contributed by atoms with Crippen LogP contribution >= 0.6 is 27.7 Å². The van der Waals surface area contributed by atoms with E-state index in [4.69, 9.17) is 0 Å². The molecule has 0 bridgehead atoms. The predicted octanol–water partition coefficient (Wildman–Crippen LogP) is 2.75. The van der Waals surface area contributed by atoms with Gasteiger partial charge in [0, 0.05) is 6.04 Å². The van der Waals surface area contributed by atoms with Gasteiger partial charge >= 0.3 is 0 Å². The molecule has 0 saturated carbocycles. The highest BCUT2D eigenvalue weighted by molar-refractivity contribution is 9.10. The van der Waals surface area contributed by atoms with Crippen LogP contribution in [0.2, 0.25) is 0 Å². The maximum Gasteiger partial charge on any atom is 0.283 e. The average molecular weight is 332 g/mol. The van der Waals surface area contributed by atoms with Crippen LogP contribution in [0.15, 0.2) is 28.1 Å². The van der Waals surface area contributed by atoms with E-state index in [0.717, 1.165) is 17.9 Å². The van der Waals surface area contributed by atoms with E-state index in [9.17, 15) is 4.79 Å². The first-order valence-electron chi connectivity index (χ1n) is 5.72. The number of nitrogens with zero attached hydrogens (tertiary/aromatic N) is 2.